The molecule has 0 aromatic heterocycles. The van der Waals surface area contributed by atoms with E-state index in [1.807, 2.05) is 13.0 Å². The lowest BCUT2D eigenvalue weighted by Gasteiger charge is -2.10. The van der Waals surface area contributed by atoms with Gasteiger partial charge in [0.15, 0.2) is 0 Å². The Kier molecular flexibility index (Phi) is 4.70. The number of hydrogen-bond donors (Lipinski definition) is 1. The number of anilines is 1. The molecule has 0 bridgehead atoms. The van der Waals surface area contributed by atoms with Gasteiger partial charge in [0.2, 0.25) is 0 Å². The number of aryl methyl sites for hydroxylation is 1. The van der Waals surface area contributed by atoms with Gasteiger partial charge in [-0.05, 0) is 24.6 Å². The van der Waals surface area contributed by atoms with Crippen molar-refractivity contribution in [3.8, 4) is 11.5 Å². The van der Waals surface area contributed by atoms with E-state index in [4.69, 9.17) is 21.1 Å². The predicted octanol–water partition coefficient (Wildman–Crippen LogP) is 3.92. The van der Waals surface area contributed by atoms with Gasteiger partial charge in [-0.25, -0.2) is 0 Å². The minimum atomic E-state index is -0.282. The lowest BCUT2D eigenvalue weighted by molar-refractivity contribution is 0.102. The monoisotopic (exact) mass is 305 g/mol. The van der Waals surface area contributed by atoms with Crippen molar-refractivity contribution in [3.63, 3.8) is 0 Å². The maximum Gasteiger partial charge on any atom is 0.257 e. The Morgan fingerprint density at radius 2 is 1.67 bits per heavy atom. The molecule has 0 atom stereocenters. The van der Waals surface area contributed by atoms with E-state index in [9.17, 15) is 4.79 Å². The van der Waals surface area contributed by atoms with E-state index in [-0.39, 0.29) is 5.91 Å². The standard InChI is InChI=1S/C16H16ClNO3/c1-10-4-5-14(15(17)6-10)16(19)18-11-7-12(20-2)9-13(8-11)21-3/h4-9H,1-3H3,(H,18,19). The van der Waals surface area contributed by atoms with Crippen molar-refractivity contribution in [2.45, 2.75) is 6.92 Å². The minimum absolute atomic E-state index is 0.282. The summed E-state index contributed by atoms with van der Waals surface area (Å²) in [5.74, 6) is 0.912. The maximum absolute atomic E-state index is 12.3. The molecule has 0 spiro atoms. The third-order valence-electron chi connectivity index (χ3n) is 2.98. The summed E-state index contributed by atoms with van der Waals surface area (Å²) >= 11 is 6.10. The summed E-state index contributed by atoms with van der Waals surface area (Å²) in [5, 5.41) is 3.20. The molecule has 1 amide bonds. The molecule has 0 unspecified atom stereocenters. The number of carbonyl (C=O) groups excluding carboxylic acids is 1. The number of amides is 1. The van der Waals surface area contributed by atoms with Gasteiger partial charge in [-0.15, -0.1) is 0 Å². The largest absolute Gasteiger partial charge is 0.497 e. The third-order valence-corrected chi connectivity index (χ3v) is 3.29. The molecule has 4 nitrogen and oxygen atoms in total. The Balaban J connectivity index is 2.26. The van der Waals surface area contributed by atoms with Gasteiger partial charge in [0.25, 0.3) is 5.91 Å². The summed E-state index contributed by atoms with van der Waals surface area (Å²) in [6, 6.07) is 10.4. The first-order chi connectivity index (χ1) is 10.0. The van der Waals surface area contributed by atoms with E-state index in [1.54, 1.807) is 44.6 Å². The van der Waals surface area contributed by atoms with Crippen LogP contribution in [-0.4, -0.2) is 20.1 Å². The number of methoxy groups -OCH3 is 2. The highest BCUT2D eigenvalue weighted by Crippen LogP contribution is 2.27. The molecule has 5 heteroatoms. The molecule has 2 rings (SSSR count). The topological polar surface area (TPSA) is 47.6 Å². The summed E-state index contributed by atoms with van der Waals surface area (Å²) in [5.41, 5.74) is 2.00. The molecule has 1 N–H and O–H groups in total. The molecular formula is C16H16ClNO3. The van der Waals surface area contributed by atoms with E-state index < -0.39 is 0 Å². The molecule has 0 aliphatic carbocycles. The first-order valence-corrected chi connectivity index (χ1v) is 6.72. The fourth-order valence-corrected chi connectivity index (χ4v) is 2.20. The van der Waals surface area contributed by atoms with Crippen LogP contribution in [0.1, 0.15) is 15.9 Å². The van der Waals surface area contributed by atoms with E-state index >= 15 is 0 Å². The third kappa shape index (κ3) is 3.67. The van der Waals surface area contributed by atoms with Crippen molar-refractivity contribution in [2.24, 2.45) is 0 Å². The van der Waals surface area contributed by atoms with Crippen molar-refractivity contribution in [1.29, 1.82) is 0 Å². The summed E-state index contributed by atoms with van der Waals surface area (Å²) < 4.78 is 10.3. The second kappa shape index (κ2) is 6.50. The fraction of sp³-hybridized carbons (Fsp3) is 0.188. The quantitative estimate of drug-likeness (QED) is 0.931. The average Bonchev–Trinajstić information content (AvgIpc) is 2.46. The van der Waals surface area contributed by atoms with Gasteiger partial charge in [0, 0.05) is 23.9 Å². The van der Waals surface area contributed by atoms with Gasteiger partial charge in [-0.2, -0.15) is 0 Å². The SMILES string of the molecule is COc1cc(NC(=O)c2ccc(C)cc2Cl)cc(OC)c1. The second-order valence-corrected chi connectivity index (χ2v) is 4.95. The summed E-state index contributed by atoms with van der Waals surface area (Å²) in [4.78, 5) is 12.3. The van der Waals surface area contributed by atoms with Crippen LogP contribution in [0.2, 0.25) is 5.02 Å². The normalized spacial score (nSPS) is 10.1. The fourth-order valence-electron chi connectivity index (χ4n) is 1.88. The van der Waals surface area contributed by atoms with E-state index in [1.165, 1.54) is 0 Å². The lowest BCUT2D eigenvalue weighted by Crippen LogP contribution is -2.12. The molecule has 21 heavy (non-hydrogen) atoms. The molecule has 0 aliphatic heterocycles. The molecule has 2 aromatic rings. The maximum atomic E-state index is 12.3. The lowest BCUT2D eigenvalue weighted by atomic mass is 10.1. The first kappa shape index (κ1) is 15.2. The zero-order chi connectivity index (χ0) is 15.4. The van der Waals surface area contributed by atoms with Crippen molar-refractivity contribution in [3.05, 3.63) is 52.5 Å². The number of ether oxygens (including phenoxy) is 2. The first-order valence-electron chi connectivity index (χ1n) is 6.34. The van der Waals surface area contributed by atoms with Gasteiger partial charge in [0.05, 0.1) is 24.8 Å². The van der Waals surface area contributed by atoms with E-state index in [2.05, 4.69) is 5.32 Å². The zero-order valence-electron chi connectivity index (χ0n) is 12.1. The van der Waals surface area contributed by atoms with Gasteiger partial charge < -0.3 is 14.8 Å². The number of hydrogen-bond acceptors (Lipinski definition) is 3. The van der Waals surface area contributed by atoms with E-state index in [0.29, 0.717) is 27.8 Å². The Morgan fingerprint density at radius 1 is 1.05 bits per heavy atom. The van der Waals surface area contributed by atoms with Gasteiger partial charge in [-0.3, -0.25) is 4.79 Å². The zero-order valence-corrected chi connectivity index (χ0v) is 12.8. The number of rotatable bonds is 4. The number of nitrogens with one attached hydrogen (secondary N) is 1. The molecule has 110 valence electrons. The molecule has 0 aliphatic rings. The Bertz CT molecular complexity index is 648. The highest BCUT2D eigenvalue weighted by molar-refractivity contribution is 6.34. The van der Waals surface area contributed by atoms with Gasteiger partial charge in [0.1, 0.15) is 11.5 Å². The highest BCUT2D eigenvalue weighted by atomic mass is 35.5. The predicted molar refractivity (Wildman–Crippen MR) is 83.7 cm³/mol. The molecule has 0 radical (unpaired) electrons. The number of carbonyl (C=O) groups is 1. The summed E-state index contributed by atoms with van der Waals surface area (Å²) in [6.07, 6.45) is 0. The number of halogens is 1. The Hall–Kier alpha value is -2.20. The van der Waals surface area contributed by atoms with Crippen LogP contribution in [0.25, 0.3) is 0 Å². The van der Waals surface area contributed by atoms with Crippen molar-refractivity contribution in [1.82, 2.24) is 0 Å². The number of benzene rings is 2. The van der Waals surface area contributed by atoms with Crippen LogP contribution in [0.15, 0.2) is 36.4 Å². The molecular weight excluding hydrogens is 290 g/mol. The molecule has 0 saturated heterocycles. The van der Waals surface area contributed by atoms with Crippen molar-refractivity contribution in [2.75, 3.05) is 19.5 Å². The van der Waals surface area contributed by atoms with Gasteiger partial charge >= 0.3 is 0 Å². The smallest absolute Gasteiger partial charge is 0.257 e. The van der Waals surface area contributed by atoms with Crippen LogP contribution < -0.4 is 14.8 Å². The molecule has 0 heterocycles. The van der Waals surface area contributed by atoms with Crippen LogP contribution in [0.4, 0.5) is 5.69 Å². The van der Waals surface area contributed by atoms with Crippen LogP contribution >= 0.6 is 11.6 Å². The Labute approximate surface area is 128 Å². The van der Waals surface area contributed by atoms with Crippen LogP contribution in [0.3, 0.4) is 0 Å². The van der Waals surface area contributed by atoms with Crippen molar-refractivity contribution >= 4 is 23.2 Å². The van der Waals surface area contributed by atoms with E-state index in [0.717, 1.165) is 5.56 Å². The van der Waals surface area contributed by atoms with Gasteiger partial charge in [-0.1, -0.05) is 17.7 Å². The molecule has 2 aromatic carbocycles. The Morgan fingerprint density at radius 3 is 2.19 bits per heavy atom. The second-order valence-electron chi connectivity index (χ2n) is 4.54. The molecule has 0 saturated carbocycles. The highest BCUT2D eigenvalue weighted by Gasteiger charge is 2.12. The molecule has 0 fully saturated rings. The van der Waals surface area contributed by atoms with Crippen LogP contribution in [-0.2, 0) is 0 Å². The summed E-state index contributed by atoms with van der Waals surface area (Å²) in [6.45, 7) is 1.92. The summed E-state index contributed by atoms with van der Waals surface area (Å²) in [7, 11) is 3.11. The van der Waals surface area contributed by atoms with Crippen molar-refractivity contribution < 1.29 is 14.3 Å². The average molecular weight is 306 g/mol. The van der Waals surface area contributed by atoms with Crippen LogP contribution in [0.5, 0.6) is 11.5 Å². The minimum Gasteiger partial charge on any atom is -0.497 e. The van der Waals surface area contributed by atoms with Crippen LogP contribution in [0, 0.1) is 6.92 Å².